The number of amides is 2. The fraction of sp³-hybridized carbons (Fsp3) is 0.438. The van der Waals surface area contributed by atoms with Crippen molar-refractivity contribution in [3.05, 3.63) is 81.7 Å². The van der Waals surface area contributed by atoms with Gasteiger partial charge in [0, 0.05) is 63.0 Å². The van der Waals surface area contributed by atoms with E-state index in [4.69, 9.17) is 4.74 Å². The van der Waals surface area contributed by atoms with E-state index in [-0.39, 0.29) is 47.6 Å². The number of Topliss-reactive ketones (excluding diaryl/α,β-unsaturated/α-hetero) is 1. The molecule has 2 aromatic heterocycles. The van der Waals surface area contributed by atoms with Crippen molar-refractivity contribution >= 4 is 28.7 Å². The van der Waals surface area contributed by atoms with Crippen molar-refractivity contribution in [2.45, 2.75) is 59.1 Å². The lowest BCUT2D eigenvalue weighted by atomic mass is 9.87. The summed E-state index contributed by atoms with van der Waals surface area (Å²) >= 11 is 0. The van der Waals surface area contributed by atoms with Gasteiger partial charge in [-0.2, -0.15) is 0 Å². The van der Waals surface area contributed by atoms with E-state index in [0.29, 0.717) is 12.8 Å². The van der Waals surface area contributed by atoms with Crippen molar-refractivity contribution in [3.63, 3.8) is 0 Å². The minimum Gasteiger partial charge on any atom is -0.438 e. The van der Waals surface area contributed by atoms with Crippen LogP contribution in [0.3, 0.4) is 0 Å². The lowest BCUT2D eigenvalue weighted by molar-refractivity contribution is -0.127. The molecule has 1 aromatic carbocycles. The van der Waals surface area contributed by atoms with Crippen LogP contribution in [0.4, 0.5) is 9.18 Å². The Bertz CT molecular complexity index is 1530. The SMILES string of the molecule is CN(C)C(=O)/C=C/CC[C@H](OC(=O)N(C)C)C(=O)Cc1cccn(Cc2cc3cc(F)cc(CC(C)(C)C)c3[nH]2)c1=O. The van der Waals surface area contributed by atoms with E-state index in [0.717, 1.165) is 22.2 Å². The minimum atomic E-state index is -1.09. The Morgan fingerprint density at radius 2 is 1.79 bits per heavy atom. The number of likely N-dealkylation sites (N-methyl/N-ethyl adjacent to an activating group) is 1. The predicted octanol–water partition coefficient (Wildman–Crippen LogP) is 4.71. The topological polar surface area (TPSA) is 105 Å². The molecule has 0 aliphatic heterocycles. The Balaban J connectivity index is 1.80. The largest absolute Gasteiger partial charge is 0.438 e. The molecule has 2 heterocycles. The highest BCUT2D eigenvalue weighted by Gasteiger charge is 2.25. The van der Waals surface area contributed by atoms with Crippen LogP contribution in [0.15, 0.2) is 53.5 Å². The summed E-state index contributed by atoms with van der Waals surface area (Å²) in [5, 5.41) is 0.732. The van der Waals surface area contributed by atoms with E-state index in [1.54, 1.807) is 44.6 Å². The fourth-order valence-electron chi connectivity index (χ4n) is 4.56. The van der Waals surface area contributed by atoms with Crippen molar-refractivity contribution < 1.29 is 23.5 Å². The van der Waals surface area contributed by atoms with Gasteiger partial charge in [0.15, 0.2) is 11.9 Å². The molecule has 0 saturated heterocycles. The number of H-pyrrole nitrogens is 1. The van der Waals surface area contributed by atoms with Gasteiger partial charge in [-0.05, 0) is 60.6 Å². The third-order valence-electron chi connectivity index (χ3n) is 6.62. The van der Waals surface area contributed by atoms with E-state index in [9.17, 15) is 23.6 Å². The molecule has 42 heavy (non-hydrogen) atoms. The third kappa shape index (κ3) is 8.89. The van der Waals surface area contributed by atoms with Crippen LogP contribution in [0.25, 0.3) is 10.9 Å². The van der Waals surface area contributed by atoms with Crippen LogP contribution in [0.5, 0.6) is 0 Å². The minimum absolute atomic E-state index is 0.0392. The highest BCUT2D eigenvalue weighted by atomic mass is 19.1. The molecular weight excluding hydrogens is 539 g/mol. The molecule has 2 amide bonds. The molecule has 1 N–H and O–H groups in total. The number of ether oxygens (including phenoxy) is 1. The van der Waals surface area contributed by atoms with Gasteiger partial charge in [-0.25, -0.2) is 9.18 Å². The Hall–Kier alpha value is -4.21. The number of halogens is 1. The highest BCUT2D eigenvalue weighted by molar-refractivity contribution is 5.88. The number of hydrogen-bond donors (Lipinski definition) is 1. The summed E-state index contributed by atoms with van der Waals surface area (Å²) in [5.41, 5.74) is 2.32. The van der Waals surface area contributed by atoms with Gasteiger partial charge in [0.1, 0.15) is 5.82 Å². The predicted molar refractivity (Wildman–Crippen MR) is 161 cm³/mol. The number of ketones is 1. The maximum Gasteiger partial charge on any atom is 0.409 e. The molecule has 10 heteroatoms. The second kappa shape index (κ2) is 13.6. The first kappa shape index (κ1) is 32.3. The molecule has 3 aromatic rings. The van der Waals surface area contributed by atoms with Gasteiger partial charge in [0.2, 0.25) is 5.91 Å². The maximum atomic E-state index is 14.3. The van der Waals surface area contributed by atoms with Crippen molar-refractivity contribution in [1.29, 1.82) is 0 Å². The number of nitrogens with zero attached hydrogens (tertiary/aromatic N) is 3. The molecule has 1 atom stereocenters. The number of carbonyl (C=O) groups excluding carboxylic acids is 3. The number of pyridine rings is 1. The van der Waals surface area contributed by atoms with E-state index in [1.165, 1.54) is 40.6 Å². The number of benzene rings is 1. The van der Waals surface area contributed by atoms with E-state index in [1.807, 2.05) is 6.07 Å². The second-order valence-corrected chi connectivity index (χ2v) is 12.1. The Morgan fingerprint density at radius 1 is 1.07 bits per heavy atom. The van der Waals surface area contributed by atoms with E-state index >= 15 is 0 Å². The molecule has 0 radical (unpaired) electrons. The maximum absolute atomic E-state index is 14.3. The zero-order valence-electron chi connectivity index (χ0n) is 25.5. The Labute approximate surface area is 245 Å². The van der Waals surface area contributed by atoms with Crippen LogP contribution in [0.1, 0.15) is 50.4 Å². The molecule has 9 nitrogen and oxygen atoms in total. The lowest BCUT2D eigenvalue weighted by Gasteiger charge is -2.19. The number of allylic oxidation sites excluding steroid dienone is 1. The summed E-state index contributed by atoms with van der Waals surface area (Å²) < 4.78 is 21.3. The molecule has 0 bridgehead atoms. The highest BCUT2D eigenvalue weighted by Crippen LogP contribution is 2.28. The number of hydrogen-bond acceptors (Lipinski definition) is 5. The van der Waals surface area contributed by atoms with Crippen LogP contribution in [-0.2, 0) is 33.7 Å². The number of carbonyl (C=O) groups is 3. The van der Waals surface area contributed by atoms with Crippen LogP contribution >= 0.6 is 0 Å². The van der Waals surface area contributed by atoms with Crippen LogP contribution in [-0.4, -0.2) is 71.4 Å². The molecular formula is C32H41FN4O5. The molecule has 226 valence electrons. The molecule has 0 saturated carbocycles. The van der Waals surface area contributed by atoms with Gasteiger partial charge < -0.3 is 24.1 Å². The van der Waals surface area contributed by atoms with Crippen molar-refractivity contribution in [3.8, 4) is 0 Å². The van der Waals surface area contributed by atoms with Gasteiger partial charge >= 0.3 is 6.09 Å². The first-order valence-electron chi connectivity index (χ1n) is 13.9. The molecule has 0 unspecified atom stereocenters. The van der Waals surface area contributed by atoms with Crippen molar-refractivity contribution in [2.24, 2.45) is 5.41 Å². The molecule has 3 rings (SSSR count). The average molecular weight is 581 g/mol. The quantitative estimate of drug-likeness (QED) is 0.331. The molecule has 0 spiro atoms. The summed E-state index contributed by atoms with van der Waals surface area (Å²) in [4.78, 5) is 56.6. The normalized spacial score (nSPS) is 12.5. The van der Waals surface area contributed by atoms with Crippen LogP contribution in [0.2, 0.25) is 0 Å². The van der Waals surface area contributed by atoms with Gasteiger partial charge in [-0.3, -0.25) is 14.4 Å². The van der Waals surface area contributed by atoms with Crippen LogP contribution < -0.4 is 5.56 Å². The summed E-state index contributed by atoms with van der Waals surface area (Å²) in [5.74, 6) is -0.923. The average Bonchev–Trinajstić information content (AvgIpc) is 3.29. The monoisotopic (exact) mass is 580 g/mol. The van der Waals surface area contributed by atoms with Gasteiger partial charge in [-0.15, -0.1) is 0 Å². The number of rotatable bonds is 11. The molecule has 0 fully saturated rings. The lowest BCUT2D eigenvalue weighted by Crippen LogP contribution is -2.35. The first-order valence-corrected chi connectivity index (χ1v) is 13.9. The molecule has 0 aliphatic rings. The van der Waals surface area contributed by atoms with Crippen molar-refractivity contribution in [1.82, 2.24) is 19.4 Å². The zero-order valence-corrected chi connectivity index (χ0v) is 25.5. The number of aromatic nitrogens is 2. The Kier molecular flexibility index (Phi) is 10.5. The fourth-order valence-corrected chi connectivity index (χ4v) is 4.56. The number of aromatic amines is 1. The second-order valence-electron chi connectivity index (χ2n) is 12.1. The van der Waals surface area contributed by atoms with Crippen molar-refractivity contribution in [2.75, 3.05) is 28.2 Å². The third-order valence-corrected chi connectivity index (χ3v) is 6.62. The van der Waals surface area contributed by atoms with Gasteiger partial charge in [0.05, 0.1) is 6.54 Å². The van der Waals surface area contributed by atoms with Gasteiger partial charge in [-0.1, -0.05) is 32.9 Å². The van der Waals surface area contributed by atoms with Crippen LogP contribution in [0, 0.1) is 11.2 Å². The molecule has 0 aliphatic carbocycles. The summed E-state index contributed by atoms with van der Waals surface area (Å²) in [6.45, 7) is 6.48. The van der Waals surface area contributed by atoms with E-state index < -0.39 is 18.0 Å². The number of nitrogens with one attached hydrogen (secondary N) is 1. The summed E-state index contributed by atoms with van der Waals surface area (Å²) in [6.07, 6.45) is 3.85. The van der Waals surface area contributed by atoms with Gasteiger partial charge in [0.25, 0.3) is 5.56 Å². The Morgan fingerprint density at radius 3 is 2.43 bits per heavy atom. The first-order chi connectivity index (χ1) is 19.6. The van der Waals surface area contributed by atoms with E-state index in [2.05, 4.69) is 25.8 Å². The summed E-state index contributed by atoms with van der Waals surface area (Å²) in [6, 6.07) is 8.12. The smallest absolute Gasteiger partial charge is 0.409 e. The zero-order chi connectivity index (χ0) is 31.2. The summed E-state index contributed by atoms with van der Waals surface area (Å²) in [7, 11) is 6.29. The number of fused-ring (bicyclic) bond motifs is 1. The standard InChI is InChI=1S/C32H41FN4O5/c1-32(2,3)19-23-16-24(33)15-22-17-25(34-29(22)23)20-37-14-10-11-21(30(37)40)18-26(38)27(42-31(41)36(6)7)12-8-9-13-28(39)35(4)5/h9-11,13-17,27,34H,8,12,18-20H2,1-7H3/b13-9+/t27-/m0/s1.